The predicted octanol–water partition coefficient (Wildman–Crippen LogP) is 2.12. The number of benzene rings is 1. The fraction of sp³-hybridized carbons (Fsp3) is 0.200. The Kier molecular flexibility index (Phi) is 3.70. The third-order valence-corrected chi connectivity index (χ3v) is 3.03. The SMILES string of the molecule is Cc1cccc2nc(Nc3cccc(OCCN)c3)nn12. The number of nitrogens with two attached hydrogens (primary N) is 1. The maximum Gasteiger partial charge on any atom is 0.247 e. The number of nitrogens with one attached hydrogen (secondary N) is 1. The van der Waals surface area contributed by atoms with E-state index in [2.05, 4.69) is 15.4 Å². The van der Waals surface area contributed by atoms with Gasteiger partial charge in [0.15, 0.2) is 5.65 Å². The molecule has 6 heteroatoms. The van der Waals surface area contributed by atoms with Crippen molar-refractivity contribution < 1.29 is 4.74 Å². The van der Waals surface area contributed by atoms with Crippen LogP contribution in [0.2, 0.25) is 0 Å². The number of ether oxygens (including phenoxy) is 1. The molecule has 0 amide bonds. The van der Waals surface area contributed by atoms with E-state index in [0.717, 1.165) is 22.8 Å². The van der Waals surface area contributed by atoms with Crippen molar-refractivity contribution in [1.29, 1.82) is 0 Å². The molecule has 2 heterocycles. The number of hydrogen-bond acceptors (Lipinski definition) is 5. The molecule has 2 aromatic heterocycles. The van der Waals surface area contributed by atoms with Gasteiger partial charge in [-0.25, -0.2) is 4.52 Å². The molecule has 6 nitrogen and oxygen atoms in total. The van der Waals surface area contributed by atoms with Crippen LogP contribution in [0.5, 0.6) is 5.75 Å². The van der Waals surface area contributed by atoms with Gasteiger partial charge in [0.2, 0.25) is 5.95 Å². The average Bonchev–Trinajstić information content (AvgIpc) is 2.89. The van der Waals surface area contributed by atoms with E-state index >= 15 is 0 Å². The van der Waals surface area contributed by atoms with Gasteiger partial charge < -0.3 is 15.8 Å². The molecular weight excluding hydrogens is 266 g/mol. The van der Waals surface area contributed by atoms with Crippen LogP contribution in [0.4, 0.5) is 11.6 Å². The Balaban J connectivity index is 1.83. The molecule has 0 radical (unpaired) electrons. The number of rotatable bonds is 5. The average molecular weight is 283 g/mol. The van der Waals surface area contributed by atoms with E-state index in [1.165, 1.54) is 0 Å². The molecule has 0 unspecified atom stereocenters. The summed E-state index contributed by atoms with van der Waals surface area (Å²) in [5.41, 5.74) is 8.15. The molecule has 0 bridgehead atoms. The molecule has 108 valence electrons. The molecule has 0 aliphatic heterocycles. The lowest BCUT2D eigenvalue weighted by Crippen LogP contribution is -2.10. The second-order valence-electron chi connectivity index (χ2n) is 4.66. The van der Waals surface area contributed by atoms with E-state index in [4.69, 9.17) is 10.5 Å². The number of aryl methyl sites for hydroxylation is 1. The zero-order chi connectivity index (χ0) is 14.7. The van der Waals surface area contributed by atoms with Crippen LogP contribution in [0, 0.1) is 6.92 Å². The number of fused-ring (bicyclic) bond motifs is 1. The van der Waals surface area contributed by atoms with Crippen molar-refractivity contribution in [3.05, 3.63) is 48.2 Å². The first-order valence-electron chi connectivity index (χ1n) is 6.78. The van der Waals surface area contributed by atoms with Crippen molar-refractivity contribution in [3.63, 3.8) is 0 Å². The van der Waals surface area contributed by atoms with E-state index in [9.17, 15) is 0 Å². The van der Waals surface area contributed by atoms with Crippen LogP contribution in [0.15, 0.2) is 42.5 Å². The van der Waals surface area contributed by atoms with Gasteiger partial charge in [0.05, 0.1) is 0 Å². The Bertz CT molecular complexity index is 753. The normalized spacial score (nSPS) is 10.8. The third kappa shape index (κ3) is 2.95. The van der Waals surface area contributed by atoms with Crippen LogP contribution >= 0.6 is 0 Å². The van der Waals surface area contributed by atoms with Gasteiger partial charge in [-0.1, -0.05) is 12.1 Å². The highest BCUT2D eigenvalue weighted by atomic mass is 16.5. The monoisotopic (exact) mass is 283 g/mol. The van der Waals surface area contributed by atoms with Crippen LogP contribution in [-0.4, -0.2) is 27.7 Å². The lowest BCUT2D eigenvalue weighted by Gasteiger charge is -2.06. The third-order valence-electron chi connectivity index (χ3n) is 3.03. The van der Waals surface area contributed by atoms with Crippen molar-refractivity contribution >= 4 is 17.3 Å². The first-order valence-corrected chi connectivity index (χ1v) is 6.78. The second kappa shape index (κ2) is 5.80. The summed E-state index contributed by atoms with van der Waals surface area (Å²) in [5.74, 6) is 1.32. The van der Waals surface area contributed by atoms with Crippen molar-refractivity contribution in [1.82, 2.24) is 14.6 Å². The summed E-state index contributed by atoms with van der Waals surface area (Å²) in [4.78, 5) is 4.44. The lowest BCUT2D eigenvalue weighted by atomic mass is 10.3. The number of aromatic nitrogens is 3. The standard InChI is InChI=1S/C15H17N5O/c1-11-4-2-7-14-18-15(19-20(11)14)17-12-5-3-6-13(10-12)21-9-8-16/h2-7,10H,8-9,16H2,1H3,(H,17,19). The molecule has 1 aromatic carbocycles. The van der Waals surface area contributed by atoms with Crippen LogP contribution in [-0.2, 0) is 0 Å². The molecule has 3 N–H and O–H groups in total. The maximum atomic E-state index is 5.50. The van der Waals surface area contributed by atoms with Gasteiger partial charge >= 0.3 is 0 Å². The second-order valence-corrected chi connectivity index (χ2v) is 4.66. The summed E-state index contributed by atoms with van der Waals surface area (Å²) in [7, 11) is 0. The first-order chi connectivity index (χ1) is 10.3. The van der Waals surface area contributed by atoms with Gasteiger partial charge in [0, 0.05) is 24.0 Å². The molecular formula is C15H17N5O. The summed E-state index contributed by atoms with van der Waals surface area (Å²) >= 11 is 0. The largest absolute Gasteiger partial charge is 0.492 e. The highest BCUT2D eigenvalue weighted by molar-refractivity contribution is 5.57. The minimum Gasteiger partial charge on any atom is -0.492 e. The summed E-state index contributed by atoms with van der Waals surface area (Å²) in [5, 5.41) is 7.62. The van der Waals surface area contributed by atoms with Gasteiger partial charge in [-0.3, -0.25) is 0 Å². The Hall–Kier alpha value is -2.60. The molecule has 0 saturated heterocycles. The highest BCUT2D eigenvalue weighted by Crippen LogP contribution is 2.20. The topological polar surface area (TPSA) is 77.5 Å². The number of anilines is 2. The summed E-state index contributed by atoms with van der Waals surface area (Å²) in [6, 6.07) is 13.5. The van der Waals surface area contributed by atoms with Crippen molar-refractivity contribution in [2.24, 2.45) is 5.73 Å². The van der Waals surface area contributed by atoms with E-state index in [1.807, 2.05) is 49.4 Å². The Labute approximate surface area is 122 Å². The van der Waals surface area contributed by atoms with Crippen LogP contribution in [0.25, 0.3) is 5.65 Å². The molecule has 0 aliphatic carbocycles. The number of pyridine rings is 1. The molecule has 3 rings (SSSR count). The Morgan fingerprint density at radius 2 is 2.10 bits per heavy atom. The Morgan fingerprint density at radius 3 is 2.90 bits per heavy atom. The van der Waals surface area contributed by atoms with Gasteiger partial charge in [0.1, 0.15) is 12.4 Å². The van der Waals surface area contributed by atoms with Crippen LogP contribution in [0.3, 0.4) is 0 Å². The first kappa shape index (κ1) is 13.4. The summed E-state index contributed by atoms with van der Waals surface area (Å²) in [6.07, 6.45) is 0. The van der Waals surface area contributed by atoms with Gasteiger partial charge in [-0.2, -0.15) is 4.98 Å². The number of nitrogens with zero attached hydrogens (tertiary/aromatic N) is 3. The smallest absolute Gasteiger partial charge is 0.247 e. The molecule has 21 heavy (non-hydrogen) atoms. The van der Waals surface area contributed by atoms with E-state index in [0.29, 0.717) is 19.1 Å². The van der Waals surface area contributed by atoms with Crippen LogP contribution in [0.1, 0.15) is 5.69 Å². The molecule has 0 saturated carbocycles. The summed E-state index contributed by atoms with van der Waals surface area (Å²) < 4.78 is 7.30. The Morgan fingerprint density at radius 1 is 1.24 bits per heavy atom. The highest BCUT2D eigenvalue weighted by Gasteiger charge is 2.05. The minimum absolute atomic E-state index is 0.491. The van der Waals surface area contributed by atoms with E-state index in [1.54, 1.807) is 4.52 Å². The van der Waals surface area contributed by atoms with Gasteiger partial charge in [-0.05, 0) is 31.2 Å². The molecule has 0 fully saturated rings. The molecule has 0 spiro atoms. The zero-order valence-corrected chi connectivity index (χ0v) is 11.8. The van der Waals surface area contributed by atoms with Crippen molar-refractivity contribution in [2.75, 3.05) is 18.5 Å². The quantitative estimate of drug-likeness (QED) is 0.750. The van der Waals surface area contributed by atoms with Crippen molar-refractivity contribution in [2.45, 2.75) is 6.92 Å². The lowest BCUT2D eigenvalue weighted by molar-refractivity contribution is 0.328. The fourth-order valence-electron chi connectivity index (χ4n) is 2.06. The van der Waals surface area contributed by atoms with Gasteiger partial charge in [-0.15, -0.1) is 5.10 Å². The van der Waals surface area contributed by atoms with E-state index < -0.39 is 0 Å². The number of hydrogen-bond donors (Lipinski definition) is 2. The van der Waals surface area contributed by atoms with Gasteiger partial charge in [0.25, 0.3) is 0 Å². The summed E-state index contributed by atoms with van der Waals surface area (Å²) in [6.45, 7) is 2.98. The predicted molar refractivity (Wildman–Crippen MR) is 82.0 cm³/mol. The molecule has 3 aromatic rings. The van der Waals surface area contributed by atoms with E-state index in [-0.39, 0.29) is 0 Å². The molecule has 0 atom stereocenters. The molecule has 0 aliphatic rings. The zero-order valence-electron chi connectivity index (χ0n) is 11.8. The maximum absolute atomic E-state index is 5.50. The minimum atomic E-state index is 0.491. The van der Waals surface area contributed by atoms with Crippen LogP contribution < -0.4 is 15.8 Å². The fourth-order valence-corrected chi connectivity index (χ4v) is 2.06. The van der Waals surface area contributed by atoms with Crippen molar-refractivity contribution in [3.8, 4) is 5.75 Å².